The van der Waals surface area contributed by atoms with Gasteiger partial charge in [0.15, 0.2) is 5.13 Å². The molecule has 76 valence electrons. The van der Waals surface area contributed by atoms with E-state index in [1.165, 1.54) is 31.3 Å². The third kappa shape index (κ3) is 1.47. The molecule has 5 heteroatoms. The van der Waals surface area contributed by atoms with Gasteiger partial charge in [-0.05, 0) is 27.8 Å². The van der Waals surface area contributed by atoms with Crippen LogP contribution in [0.1, 0.15) is 0 Å². The van der Waals surface area contributed by atoms with Crippen LogP contribution in [0, 0.1) is 11.8 Å². The number of hydrogen-bond donors (Lipinski definition) is 1. The van der Waals surface area contributed by atoms with Crippen LogP contribution in [0.5, 0.6) is 0 Å². The van der Waals surface area contributed by atoms with Crippen LogP contribution in [0.25, 0.3) is 0 Å². The number of anilines is 1. The van der Waals surface area contributed by atoms with Gasteiger partial charge < -0.3 is 10.2 Å². The van der Waals surface area contributed by atoms with E-state index in [0.717, 1.165) is 16.4 Å². The van der Waals surface area contributed by atoms with Crippen molar-refractivity contribution in [3.63, 3.8) is 0 Å². The maximum Gasteiger partial charge on any atom is 0.186 e. The average Bonchev–Trinajstić information content (AvgIpc) is 2.75. The highest BCUT2D eigenvalue weighted by Crippen LogP contribution is 2.32. The Bertz CT molecular complexity index is 329. The van der Waals surface area contributed by atoms with Crippen LogP contribution in [0.15, 0.2) is 9.98 Å². The molecule has 14 heavy (non-hydrogen) atoms. The van der Waals surface area contributed by atoms with Crippen molar-refractivity contribution in [2.75, 3.05) is 31.1 Å². The quantitative estimate of drug-likeness (QED) is 0.842. The van der Waals surface area contributed by atoms with Crippen molar-refractivity contribution in [3.05, 3.63) is 9.98 Å². The van der Waals surface area contributed by atoms with Gasteiger partial charge in [-0.25, -0.2) is 4.98 Å². The Morgan fingerprint density at radius 3 is 2.71 bits per heavy atom. The van der Waals surface area contributed by atoms with Crippen LogP contribution in [0.3, 0.4) is 0 Å². The fourth-order valence-electron chi connectivity index (χ4n) is 2.40. The zero-order valence-corrected chi connectivity index (χ0v) is 10.1. The van der Waals surface area contributed by atoms with Crippen LogP contribution >= 0.6 is 27.3 Å². The van der Waals surface area contributed by atoms with Crippen LogP contribution in [0.4, 0.5) is 5.13 Å². The van der Waals surface area contributed by atoms with E-state index in [2.05, 4.69) is 36.5 Å². The molecule has 3 rings (SSSR count). The lowest BCUT2D eigenvalue weighted by Crippen LogP contribution is -2.25. The molecule has 1 aromatic rings. The number of thiazole rings is 1. The SMILES string of the molecule is Brc1csc(N2C[C@H]3CNC[C@H]3C2)n1. The van der Waals surface area contributed by atoms with Gasteiger partial charge in [0, 0.05) is 31.6 Å². The molecule has 2 fully saturated rings. The van der Waals surface area contributed by atoms with Crippen molar-refractivity contribution in [1.29, 1.82) is 0 Å². The summed E-state index contributed by atoms with van der Waals surface area (Å²) in [6.45, 7) is 4.73. The van der Waals surface area contributed by atoms with Crippen molar-refractivity contribution < 1.29 is 0 Å². The molecule has 0 aromatic carbocycles. The van der Waals surface area contributed by atoms with E-state index < -0.39 is 0 Å². The van der Waals surface area contributed by atoms with Crippen molar-refractivity contribution in [2.45, 2.75) is 0 Å². The first kappa shape index (κ1) is 9.12. The summed E-state index contributed by atoms with van der Waals surface area (Å²) < 4.78 is 0.965. The molecule has 0 aliphatic carbocycles. The smallest absolute Gasteiger partial charge is 0.186 e. The zero-order chi connectivity index (χ0) is 9.54. The van der Waals surface area contributed by atoms with Gasteiger partial charge in [-0.2, -0.15) is 0 Å². The van der Waals surface area contributed by atoms with Crippen molar-refractivity contribution >= 4 is 32.4 Å². The molecule has 0 unspecified atom stereocenters. The van der Waals surface area contributed by atoms with Crippen LogP contribution in [-0.2, 0) is 0 Å². The lowest BCUT2D eigenvalue weighted by atomic mass is 10.0. The average molecular weight is 274 g/mol. The molecule has 0 radical (unpaired) electrons. The number of fused-ring (bicyclic) bond motifs is 1. The number of halogens is 1. The summed E-state index contributed by atoms with van der Waals surface area (Å²) in [4.78, 5) is 6.88. The van der Waals surface area contributed by atoms with Crippen LogP contribution < -0.4 is 10.2 Å². The first-order valence-electron chi connectivity index (χ1n) is 4.89. The summed E-state index contributed by atoms with van der Waals surface area (Å²) in [6.07, 6.45) is 0. The normalized spacial score (nSPS) is 31.1. The lowest BCUT2D eigenvalue weighted by molar-refractivity contribution is 0.533. The monoisotopic (exact) mass is 273 g/mol. The number of nitrogens with one attached hydrogen (secondary N) is 1. The second kappa shape index (κ2) is 3.47. The minimum Gasteiger partial charge on any atom is -0.347 e. The number of rotatable bonds is 1. The maximum atomic E-state index is 4.46. The van der Waals surface area contributed by atoms with Crippen molar-refractivity contribution in [2.24, 2.45) is 11.8 Å². The predicted octanol–water partition coefficient (Wildman–Crippen LogP) is 1.56. The third-order valence-corrected chi connectivity index (χ3v) is 4.73. The van der Waals surface area contributed by atoms with E-state index in [1.54, 1.807) is 11.3 Å². The molecule has 2 aliphatic heterocycles. The first-order chi connectivity index (χ1) is 6.83. The molecule has 2 saturated heterocycles. The van der Waals surface area contributed by atoms with Gasteiger partial charge in [-0.15, -0.1) is 11.3 Å². The predicted molar refractivity (Wildman–Crippen MR) is 61.9 cm³/mol. The number of aromatic nitrogens is 1. The van der Waals surface area contributed by atoms with Gasteiger partial charge in [0.05, 0.1) is 0 Å². The summed E-state index contributed by atoms with van der Waals surface area (Å²) in [5, 5.41) is 6.68. The fraction of sp³-hybridized carbons (Fsp3) is 0.667. The minimum atomic E-state index is 0.845. The van der Waals surface area contributed by atoms with Gasteiger partial charge in [0.25, 0.3) is 0 Å². The van der Waals surface area contributed by atoms with Crippen molar-refractivity contribution in [1.82, 2.24) is 10.3 Å². The molecule has 1 N–H and O–H groups in total. The summed E-state index contributed by atoms with van der Waals surface area (Å²) in [6, 6.07) is 0. The highest BCUT2D eigenvalue weighted by Gasteiger charge is 2.36. The zero-order valence-electron chi connectivity index (χ0n) is 7.74. The van der Waals surface area contributed by atoms with Crippen LogP contribution in [-0.4, -0.2) is 31.2 Å². The summed E-state index contributed by atoms with van der Waals surface area (Å²) in [7, 11) is 0. The molecule has 1 aromatic heterocycles. The Labute approximate surface area is 95.6 Å². The third-order valence-electron chi connectivity index (χ3n) is 3.12. The molecular weight excluding hydrogens is 262 g/mol. The number of hydrogen-bond acceptors (Lipinski definition) is 4. The molecular formula is C9H12BrN3S. The molecule has 2 aliphatic rings. The molecule has 3 heterocycles. The Balaban J connectivity index is 1.76. The molecule has 0 spiro atoms. The molecule has 2 atom stereocenters. The standard InChI is InChI=1S/C9H12BrN3S/c10-8-5-14-9(12-8)13-3-6-1-11-2-7(6)4-13/h5-7,11H,1-4H2/t6-,7+. The van der Waals surface area contributed by atoms with Gasteiger partial charge in [-0.1, -0.05) is 0 Å². The number of nitrogens with zero attached hydrogens (tertiary/aromatic N) is 2. The van der Waals surface area contributed by atoms with E-state index in [-0.39, 0.29) is 0 Å². The second-order valence-electron chi connectivity index (χ2n) is 4.04. The van der Waals surface area contributed by atoms with Gasteiger partial charge in [0.1, 0.15) is 4.60 Å². The van der Waals surface area contributed by atoms with E-state index in [4.69, 9.17) is 0 Å². The van der Waals surface area contributed by atoms with Gasteiger partial charge >= 0.3 is 0 Å². The van der Waals surface area contributed by atoms with Crippen molar-refractivity contribution in [3.8, 4) is 0 Å². The maximum absolute atomic E-state index is 4.46. The topological polar surface area (TPSA) is 28.2 Å². The van der Waals surface area contributed by atoms with Gasteiger partial charge in [0.2, 0.25) is 0 Å². The first-order valence-corrected chi connectivity index (χ1v) is 6.57. The molecule has 0 bridgehead atoms. The van der Waals surface area contributed by atoms with E-state index >= 15 is 0 Å². The summed E-state index contributed by atoms with van der Waals surface area (Å²) >= 11 is 5.13. The lowest BCUT2D eigenvalue weighted by Gasteiger charge is -2.15. The highest BCUT2D eigenvalue weighted by molar-refractivity contribution is 9.10. The van der Waals surface area contributed by atoms with E-state index in [1.807, 2.05) is 0 Å². The molecule has 0 amide bonds. The Morgan fingerprint density at radius 2 is 2.14 bits per heavy atom. The van der Waals surface area contributed by atoms with Gasteiger partial charge in [-0.3, -0.25) is 0 Å². The molecule has 3 nitrogen and oxygen atoms in total. The Kier molecular flexibility index (Phi) is 2.26. The van der Waals surface area contributed by atoms with E-state index in [0.29, 0.717) is 0 Å². The summed E-state index contributed by atoms with van der Waals surface area (Å²) in [5.41, 5.74) is 0. The summed E-state index contributed by atoms with van der Waals surface area (Å²) in [5.74, 6) is 1.69. The minimum absolute atomic E-state index is 0.845. The Hall–Kier alpha value is -0.130. The fourth-order valence-corrected chi connectivity index (χ4v) is 3.67. The molecule has 0 saturated carbocycles. The highest BCUT2D eigenvalue weighted by atomic mass is 79.9. The van der Waals surface area contributed by atoms with E-state index in [9.17, 15) is 0 Å². The largest absolute Gasteiger partial charge is 0.347 e. The second-order valence-corrected chi connectivity index (χ2v) is 5.69. The van der Waals surface area contributed by atoms with Crippen LogP contribution in [0.2, 0.25) is 0 Å². The Morgan fingerprint density at radius 1 is 1.43 bits per heavy atom.